The molecule has 0 saturated carbocycles. The van der Waals surface area contributed by atoms with E-state index in [2.05, 4.69) is 16.8 Å². The fourth-order valence-corrected chi connectivity index (χ4v) is 2.26. The van der Waals surface area contributed by atoms with Crippen LogP contribution in [0.1, 0.15) is 11.1 Å². The topological polar surface area (TPSA) is 31.4 Å². The number of hydrogen-bond donors (Lipinski definition) is 0. The van der Waals surface area contributed by atoms with Crippen LogP contribution in [0, 0.1) is 11.8 Å². The molecule has 108 valence electrons. The number of benzene rings is 2. The van der Waals surface area contributed by atoms with Gasteiger partial charge in [-0.3, -0.25) is 4.98 Å². The fraction of sp³-hybridized carbons (Fsp3) is 0.105. The fourth-order valence-electron chi connectivity index (χ4n) is 2.26. The first-order valence-electron chi connectivity index (χ1n) is 6.88. The molecule has 0 spiro atoms. The number of rotatable bonds is 2. The van der Waals surface area contributed by atoms with Crippen molar-refractivity contribution in [2.45, 2.75) is 0 Å². The SMILES string of the molecule is COc1ccc2c(C#Cc3ccccc3OC)cncc2c1. The lowest BCUT2D eigenvalue weighted by Crippen LogP contribution is -1.88. The Labute approximate surface area is 129 Å². The minimum Gasteiger partial charge on any atom is -0.497 e. The molecule has 3 rings (SSSR count). The van der Waals surface area contributed by atoms with Gasteiger partial charge in [0.1, 0.15) is 11.5 Å². The largest absolute Gasteiger partial charge is 0.497 e. The van der Waals surface area contributed by atoms with Crippen LogP contribution in [-0.4, -0.2) is 19.2 Å². The van der Waals surface area contributed by atoms with Crippen molar-refractivity contribution in [1.29, 1.82) is 0 Å². The zero-order valence-electron chi connectivity index (χ0n) is 12.5. The van der Waals surface area contributed by atoms with Crippen molar-refractivity contribution in [3.63, 3.8) is 0 Å². The Morgan fingerprint density at radius 2 is 1.68 bits per heavy atom. The van der Waals surface area contributed by atoms with Gasteiger partial charge in [0.05, 0.1) is 25.3 Å². The van der Waals surface area contributed by atoms with Crippen molar-refractivity contribution >= 4 is 10.8 Å². The van der Waals surface area contributed by atoms with E-state index in [0.29, 0.717) is 0 Å². The lowest BCUT2D eigenvalue weighted by Gasteiger charge is -2.04. The predicted molar refractivity (Wildman–Crippen MR) is 87.3 cm³/mol. The molecule has 1 aromatic heterocycles. The maximum atomic E-state index is 5.32. The summed E-state index contributed by atoms with van der Waals surface area (Å²) in [5, 5.41) is 2.06. The average Bonchev–Trinajstić information content (AvgIpc) is 2.59. The van der Waals surface area contributed by atoms with Crippen molar-refractivity contribution < 1.29 is 9.47 Å². The molecule has 1 heterocycles. The van der Waals surface area contributed by atoms with Gasteiger partial charge in [0.15, 0.2) is 0 Å². The number of pyridine rings is 1. The van der Waals surface area contributed by atoms with Crippen molar-refractivity contribution in [3.8, 4) is 23.3 Å². The second kappa shape index (κ2) is 6.19. The third-order valence-corrected chi connectivity index (χ3v) is 3.40. The Hall–Kier alpha value is -2.99. The van der Waals surface area contributed by atoms with Crippen molar-refractivity contribution in [3.05, 3.63) is 66.0 Å². The summed E-state index contributed by atoms with van der Waals surface area (Å²) in [6.07, 6.45) is 3.59. The minimum absolute atomic E-state index is 0.768. The van der Waals surface area contributed by atoms with Gasteiger partial charge in [-0.05, 0) is 30.3 Å². The first-order chi connectivity index (χ1) is 10.8. The molecular formula is C19H15NO2. The summed E-state index contributed by atoms with van der Waals surface area (Å²) >= 11 is 0. The van der Waals surface area contributed by atoms with E-state index in [4.69, 9.17) is 9.47 Å². The van der Waals surface area contributed by atoms with E-state index in [1.165, 1.54) is 0 Å². The molecule has 0 bridgehead atoms. The molecule has 0 unspecified atom stereocenters. The van der Waals surface area contributed by atoms with Gasteiger partial charge >= 0.3 is 0 Å². The molecule has 0 amide bonds. The van der Waals surface area contributed by atoms with Gasteiger partial charge < -0.3 is 9.47 Å². The zero-order chi connectivity index (χ0) is 15.4. The second-order valence-corrected chi connectivity index (χ2v) is 4.72. The number of aromatic nitrogens is 1. The van der Waals surface area contributed by atoms with E-state index in [1.807, 2.05) is 48.7 Å². The lowest BCUT2D eigenvalue weighted by molar-refractivity contribution is 0.413. The van der Waals surface area contributed by atoms with Gasteiger partial charge in [-0.25, -0.2) is 0 Å². The van der Waals surface area contributed by atoms with Gasteiger partial charge in [0.25, 0.3) is 0 Å². The Balaban J connectivity index is 2.07. The van der Waals surface area contributed by atoms with Crippen LogP contribution in [-0.2, 0) is 0 Å². The van der Waals surface area contributed by atoms with E-state index < -0.39 is 0 Å². The molecule has 0 fully saturated rings. The molecule has 3 heteroatoms. The summed E-state index contributed by atoms with van der Waals surface area (Å²) in [5.41, 5.74) is 1.74. The highest BCUT2D eigenvalue weighted by Gasteiger charge is 2.02. The smallest absolute Gasteiger partial charge is 0.134 e. The van der Waals surface area contributed by atoms with Crippen LogP contribution in [0.2, 0.25) is 0 Å². The molecule has 0 saturated heterocycles. The molecule has 0 atom stereocenters. The lowest BCUT2D eigenvalue weighted by atomic mass is 10.1. The van der Waals surface area contributed by atoms with Crippen LogP contribution in [0.4, 0.5) is 0 Å². The minimum atomic E-state index is 0.768. The summed E-state index contributed by atoms with van der Waals surface area (Å²) in [6, 6.07) is 13.6. The molecule has 2 aromatic carbocycles. The molecule has 0 radical (unpaired) electrons. The summed E-state index contributed by atoms with van der Waals surface area (Å²) in [6.45, 7) is 0. The Morgan fingerprint density at radius 1 is 0.864 bits per heavy atom. The number of nitrogens with zero attached hydrogens (tertiary/aromatic N) is 1. The van der Waals surface area contributed by atoms with Gasteiger partial charge in [0.2, 0.25) is 0 Å². The normalized spacial score (nSPS) is 9.91. The quantitative estimate of drug-likeness (QED) is 0.675. The molecule has 0 aliphatic heterocycles. The van der Waals surface area contributed by atoms with Gasteiger partial charge in [-0.15, -0.1) is 0 Å². The molecule has 0 aliphatic carbocycles. The summed E-state index contributed by atoms with van der Waals surface area (Å²) in [7, 11) is 3.30. The van der Waals surface area contributed by atoms with Crippen LogP contribution >= 0.6 is 0 Å². The maximum Gasteiger partial charge on any atom is 0.134 e. The first kappa shape index (κ1) is 14.0. The van der Waals surface area contributed by atoms with E-state index in [9.17, 15) is 0 Å². The molecule has 0 N–H and O–H groups in total. The number of hydrogen-bond acceptors (Lipinski definition) is 3. The predicted octanol–water partition coefficient (Wildman–Crippen LogP) is 3.65. The summed E-state index contributed by atoms with van der Waals surface area (Å²) in [5.74, 6) is 7.92. The molecule has 3 nitrogen and oxygen atoms in total. The first-order valence-corrected chi connectivity index (χ1v) is 6.88. The number of fused-ring (bicyclic) bond motifs is 1. The van der Waals surface area contributed by atoms with Crippen LogP contribution in [0.25, 0.3) is 10.8 Å². The second-order valence-electron chi connectivity index (χ2n) is 4.72. The van der Waals surface area contributed by atoms with Gasteiger partial charge in [-0.1, -0.05) is 24.0 Å². The molecule has 0 aliphatic rings. The van der Waals surface area contributed by atoms with E-state index in [-0.39, 0.29) is 0 Å². The molecule has 22 heavy (non-hydrogen) atoms. The van der Waals surface area contributed by atoms with E-state index in [1.54, 1.807) is 20.4 Å². The van der Waals surface area contributed by atoms with Crippen LogP contribution in [0.15, 0.2) is 54.9 Å². The van der Waals surface area contributed by atoms with Crippen molar-refractivity contribution in [2.24, 2.45) is 0 Å². The summed E-state index contributed by atoms with van der Waals surface area (Å²) in [4.78, 5) is 4.25. The Bertz CT molecular complexity index is 875. The van der Waals surface area contributed by atoms with Crippen LogP contribution in [0.3, 0.4) is 0 Å². The van der Waals surface area contributed by atoms with Crippen molar-refractivity contribution in [1.82, 2.24) is 4.98 Å². The maximum absolute atomic E-state index is 5.32. The number of para-hydroxylation sites is 1. The molecule has 3 aromatic rings. The standard InChI is InChI=1S/C19H15NO2/c1-21-17-9-10-18-15(12-20-13-16(18)11-17)8-7-14-5-3-4-6-19(14)22-2/h3-6,9-13H,1-2H3. The Morgan fingerprint density at radius 3 is 2.50 bits per heavy atom. The van der Waals surface area contributed by atoms with Crippen LogP contribution in [0.5, 0.6) is 11.5 Å². The zero-order valence-corrected chi connectivity index (χ0v) is 12.5. The highest BCUT2D eigenvalue weighted by Crippen LogP contribution is 2.22. The highest BCUT2D eigenvalue weighted by atomic mass is 16.5. The van der Waals surface area contributed by atoms with Crippen molar-refractivity contribution in [2.75, 3.05) is 14.2 Å². The van der Waals surface area contributed by atoms with Gasteiger partial charge in [-0.2, -0.15) is 0 Å². The van der Waals surface area contributed by atoms with Crippen LogP contribution < -0.4 is 9.47 Å². The third kappa shape index (κ3) is 2.72. The van der Waals surface area contributed by atoms with E-state index >= 15 is 0 Å². The van der Waals surface area contributed by atoms with Gasteiger partial charge in [0, 0.05) is 23.2 Å². The van der Waals surface area contributed by atoms with E-state index in [0.717, 1.165) is 33.4 Å². The molecular weight excluding hydrogens is 274 g/mol. The third-order valence-electron chi connectivity index (χ3n) is 3.40. The summed E-state index contributed by atoms with van der Waals surface area (Å²) < 4.78 is 10.6. The number of methoxy groups -OCH3 is 2. The Kier molecular flexibility index (Phi) is 3.93. The number of ether oxygens (including phenoxy) is 2. The highest BCUT2D eigenvalue weighted by molar-refractivity contribution is 5.88. The monoisotopic (exact) mass is 289 g/mol. The average molecular weight is 289 g/mol.